The lowest BCUT2D eigenvalue weighted by atomic mass is 10.0. The summed E-state index contributed by atoms with van der Waals surface area (Å²) < 4.78 is 39.9. The summed E-state index contributed by atoms with van der Waals surface area (Å²) in [4.78, 5) is 29.1. The minimum atomic E-state index is -4.63. The molecule has 0 saturated carbocycles. The van der Waals surface area contributed by atoms with Crippen molar-refractivity contribution >= 4 is 34.7 Å². The van der Waals surface area contributed by atoms with Gasteiger partial charge in [-0.2, -0.15) is 13.2 Å². The van der Waals surface area contributed by atoms with Gasteiger partial charge in [-0.15, -0.1) is 0 Å². The van der Waals surface area contributed by atoms with Gasteiger partial charge in [-0.3, -0.25) is 14.5 Å². The number of rotatable bonds is 6. The Kier molecular flexibility index (Phi) is 7.66. The minimum Gasteiger partial charge on any atom is -0.369 e. The van der Waals surface area contributed by atoms with Crippen molar-refractivity contribution in [1.29, 1.82) is 0 Å². The summed E-state index contributed by atoms with van der Waals surface area (Å²) in [7, 11) is 0. The predicted molar refractivity (Wildman–Crippen MR) is 134 cm³/mol. The Morgan fingerprint density at radius 2 is 1.56 bits per heavy atom. The van der Waals surface area contributed by atoms with Gasteiger partial charge in [-0.1, -0.05) is 41.9 Å². The minimum absolute atomic E-state index is 0.00567. The first-order valence-electron chi connectivity index (χ1n) is 11.5. The maximum Gasteiger partial charge on any atom is 0.417 e. The maximum absolute atomic E-state index is 13.4. The molecule has 0 aliphatic carbocycles. The van der Waals surface area contributed by atoms with Crippen LogP contribution < -0.4 is 10.2 Å². The zero-order chi connectivity index (χ0) is 25.9. The second-order valence-electron chi connectivity index (χ2n) is 8.62. The van der Waals surface area contributed by atoms with Crippen molar-refractivity contribution < 1.29 is 22.8 Å². The van der Waals surface area contributed by atoms with E-state index in [0.717, 1.165) is 23.4 Å². The fourth-order valence-corrected chi connectivity index (χ4v) is 4.56. The van der Waals surface area contributed by atoms with E-state index in [9.17, 15) is 22.8 Å². The Labute approximate surface area is 212 Å². The second-order valence-corrected chi connectivity index (χ2v) is 9.03. The average molecular weight is 516 g/mol. The molecule has 0 radical (unpaired) electrons. The van der Waals surface area contributed by atoms with E-state index in [4.69, 9.17) is 11.6 Å². The summed E-state index contributed by atoms with van der Waals surface area (Å²) in [6.07, 6.45) is -4.63. The third-order valence-electron chi connectivity index (χ3n) is 6.22. The second kappa shape index (κ2) is 10.7. The van der Waals surface area contributed by atoms with E-state index in [0.29, 0.717) is 31.7 Å². The summed E-state index contributed by atoms with van der Waals surface area (Å²) in [5.74, 6) is -0.415. The van der Waals surface area contributed by atoms with Crippen molar-refractivity contribution in [2.45, 2.75) is 19.1 Å². The van der Waals surface area contributed by atoms with Gasteiger partial charge in [0.1, 0.15) is 6.04 Å². The van der Waals surface area contributed by atoms with Crippen LogP contribution >= 0.6 is 11.6 Å². The molecular weight excluding hydrogens is 491 g/mol. The van der Waals surface area contributed by atoms with Gasteiger partial charge in [-0.25, -0.2) is 0 Å². The molecule has 1 N–H and O–H groups in total. The number of benzene rings is 3. The quantitative estimate of drug-likeness (QED) is 0.405. The summed E-state index contributed by atoms with van der Waals surface area (Å²) in [6, 6.07) is 19.2. The van der Waals surface area contributed by atoms with Crippen molar-refractivity contribution in [1.82, 2.24) is 4.90 Å². The molecule has 0 aromatic heterocycles. The van der Waals surface area contributed by atoms with Crippen LogP contribution in [-0.2, 0) is 11.0 Å². The number of alkyl halides is 3. The zero-order valence-electron chi connectivity index (χ0n) is 19.6. The number of anilines is 2. The summed E-state index contributed by atoms with van der Waals surface area (Å²) in [5, 5.41) is 2.23. The highest BCUT2D eigenvalue weighted by molar-refractivity contribution is 6.31. The van der Waals surface area contributed by atoms with Crippen LogP contribution in [-0.4, -0.2) is 42.8 Å². The zero-order valence-corrected chi connectivity index (χ0v) is 20.3. The Balaban J connectivity index is 1.52. The normalized spacial score (nSPS) is 15.4. The van der Waals surface area contributed by atoms with E-state index in [1.807, 2.05) is 47.4 Å². The Hall–Kier alpha value is -3.36. The van der Waals surface area contributed by atoms with Crippen molar-refractivity contribution in [2.24, 2.45) is 0 Å². The van der Waals surface area contributed by atoms with Gasteiger partial charge in [0.05, 0.1) is 10.6 Å². The standard InChI is InChI=1S/C27H25ClF3N3O2/c1-18(35)19-7-10-22(11-8-19)33-13-15-34(16-14-33)25(20-5-3-2-4-6-20)26(36)32-21-9-12-24(28)23(17-21)27(29,30)31/h2-12,17,25H,13-16H2,1H3,(H,32,36). The third-order valence-corrected chi connectivity index (χ3v) is 6.55. The molecule has 0 spiro atoms. The molecule has 1 amide bonds. The first-order valence-corrected chi connectivity index (χ1v) is 11.8. The number of piperazine rings is 1. The molecule has 4 rings (SSSR count). The van der Waals surface area contributed by atoms with Crippen LogP contribution in [0.1, 0.15) is 34.5 Å². The smallest absolute Gasteiger partial charge is 0.369 e. The third kappa shape index (κ3) is 5.88. The number of amides is 1. The molecule has 188 valence electrons. The summed E-state index contributed by atoms with van der Waals surface area (Å²) in [5.41, 5.74) is 1.42. The number of hydrogen-bond acceptors (Lipinski definition) is 4. The molecule has 0 bridgehead atoms. The number of carbonyl (C=O) groups excluding carboxylic acids is 2. The van der Waals surface area contributed by atoms with Gasteiger partial charge >= 0.3 is 6.18 Å². The molecule has 1 saturated heterocycles. The molecule has 3 aromatic carbocycles. The molecule has 9 heteroatoms. The predicted octanol–water partition coefficient (Wildman–Crippen LogP) is 6.06. The van der Waals surface area contributed by atoms with E-state index in [-0.39, 0.29) is 11.5 Å². The van der Waals surface area contributed by atoms with Gasteiger partial charge in [0, 0.05) is 43.1 Å². The van der Waals surface area contributed by atoms with Gasteiger partial charge < -0.3 is 10.2 Å². The molecule has 1 heterocycles. The topological polar surface area (TPSA) is 52.7 Å². The fourth-order valence-electron chi connectivity index (χ4n) is 4.34. The van der Waals surface area contributed by atoms with Gasteiger partial charge in [-0.05, 0) is 55.0 Å². The lowest BCUT2D eigenvalue weighted by Gasteiger charge is -2.39. The van der Waals surface area contributed by atoms with Crippen LogP contribution in [0.5, 0.6) is 0 Å². The van der Waals surface area contributed by atoms with Crippen LogP contribution in [0, 0.1) is 0 Å². The largest absolute Gasteiger partial charge is 0.417 e. The molecule has 36 heavy (non-hydrogen) atoms. The molecule has 1 fully saturated rings. The molecule has 1 aliphatic rings. The molecule has 5 nitrogen and oxygen atoms in total. The fraction of sp³-hybridized carbons (Fsp3) is 0.259. The van der Waals surface area contributed by atoms with Crippen LogP contribution in [0.25, 0.3) is 0 Å². The van der Waals surface area contributed by atoms with E-state index in [2.05, 4.69) is 10.2 Å². The van der Waals surface area contributed by atoms with Crippen molar-refractivity contribution in [3.63, 3.8) is 0 Å². The number of hydrogen-bond donors (Lipinski definition) is 1. The summed E-state index contributed by atoms with van der Waals surface area (Å²) >= 11 is 5.72. The number of ketones is 1. The SMILES string of the molecule is CC(=O)c1ccc(N2CCN(C(C(=O)Nc3ccc(Cl)c(C(F)(F)F)c3)c3ccccc3)CC2)cc1. The number of nitrogens with one attached hydrogen (secondary N) is 1. The highest BCUT2D eigenvalue weighted by atomic mass is 35.5. The van der Waals surface area contributed by atoms with E-state index in [1.54, 1.807) is 12.1 Å². The molecule has 1 unspecified atom stereocenters. The molecule has 1 atom stereocenters. The summed E-state index contributed by atoms with van der Waals surface area (Å²) in [6.45, 7) is 3.95. The van der Waals surface area contributed by atoms with Crippen LogP contribution in [0.2, 0.25) is 5.02 Å². The molecule has 1 aliphatic heterocycles. The highest BCUT2D eigenvalue weighted by Crippen LogP contribution is 2.36. The van der Waals surface area contributed by atoms with Crippen LogP contribution in [0.4, 0.5) is 24.5 Å². The van der Waals surface area contributed by atoms with E-state index < -0.39 is 28.7 Å². The van der Waals surface area contributed by atoms with Gasteiger partial charge in [0.2, 0.25) is 5.91 Å². The van der Waals surface area contributed by atoms with Crippen LogP contribution in [0.3, 0.4) is 0 Å². The number of carbonyl (C=O) groups is 2. The van der Waals surface area contributed by atoms with Crippen LogP contribution in [0.15, 0.2) is 72.8 Å². The monoisotopic (exact) mass is 515 g/mol. The first kappa shape index (κ1) is 25.7. The number of halogens is 4. The lowest BCUT2D eigenvalue weighted by Crippen LogP contribution is -2.50. The Morgan fingerprint density at radius 1 is 0.917 bits per heavy atom. The van der Waals surface area contributed by atoms with E-state index in [1.165, 1.54) is 13.0 Å². The lowest BCUT2D eigenvalue weighted by molar-refractivity contribution is -0.137. The highest BCUT2D eigenvalue weighted by Gasteiger charge is 2.34. The van der Waals surface area contributed by atoms with Gasteiger partial charge in [0.15, 0.2) is 5.78 Å². The van der Waals surface area contributed by atoms with Crippen molar-refractivity contribution in [3.05, 3.63) is 94.5 Å². The Bertz CT molecular complexity index is 1230. The molecular formula is C27H25ClF3N3O2. The van der Waals surface area contributed by atoms with Crippen molar-refractivity contribution in [3.8, 4) is 0 Å². The number of Topliss-reactive ketones (excluding diaryl/α,β-unsaturated/α-hetero) is 1. The molecule has 3 aromatic rings. The maximum atomic E-state index is 13.4. The Morgan fingerprint density at radius 3 is 2.14 bits per heavy atom. The number of nitrogens with zero attached hydrogens (tertiary/aromatic N) is 2. The van der Waals surface area contributed by atoms with E-state index >= 15 is 0 Å². The first-order chi connectivity index (χ1) is 17.1. The van der Waals surface area contributed by atoms with Crippen molar-refractivity contribution in [2.75, 3.05) is 36.4 Å². The van der Waals surface area contributed by atoms with Gasteiger partial charge in [0.25, 0.3) is 0 Å². The average Bonchev–Trinajstić information content (AvgIpc) is 2.86.